The fourth-order valence-electron chi connectivity index (χ4n) is 2.45. The Morgan fingerprint density at radius 2 is 2.00 bits per heavy atom. The van der Waals surface area contributed by atoms with Crippen LogP contribution in [0.25, 0.3) is 0 Å². The number of hydrogen-bond acceptors (Lipinski definition) is 5. The van der Waals surface area contributed by atoms with Gasteiger partial charge in [-0.25, -0.2) is 4.98 Å². The second-order valence-corrected chi connectivity index (χ2v) is 6.17. The highest BCUT2D eigenvalue weighted by atomic mass is 32.1. The first-order chi connectivity index (χ1) is 9.52. The number of hydrogen-bond donors (Lipinski definition) is 0. The molecule has 0 unspecified atom stereocenters. The van der Waals surface area contributed by atoms with Gasteiger partial charge in [-0.1, -0.05) is 0 Å². The van der Waals surface area contributed by atoms with E-state index in [-0.39, 0.29) is 17.8 Å². The smallest absolute Gasteiger partial charge is 0.309 e. The molecular weight excluding hydrogens is 276 g/mol. The van der Waals surface area contributed by atoms with Gasteiger partial charge in [-0.2, -0.15) is 0 Å². The number of carbonyl (C=O) groups excluding carboxylic acids is 2. The van der Waals surface area contributed by atoms with Gasteiger partial charge in [-0.05, 0) is 33.6 Å². The molecule has 0 N–H and O–H groups in total. The van der Waals surface area contributed by atoms with Crippen molar-refractivity contribution in [3.63, 3.8) is 0 Å². The first-order valence-electron chi connectivity index (χ1n) is 6.92. The van der Waals surface area contributed by atoms with E-state index in [1.165, 1.54) is 11.3 Å². The van der Waals surface area contributed by atoms with Gasteiger partial charge in [0.1, 0.15) is 4.88 Å². The molecule has 0 aromatic carbocycles. The minimum atomic E-state index is -0.135. The normalized spacial score (nSPS) is 16.2. The monoisotopic (exact) mass is 296 g/mol. The molecule has 0 atom stereocenters. The number of ether oxygens (including phenoxy) is 1. The van der Waals surface area contributed by atoms with E-state index in [1.54, 1.807) is 0 Å². The summed E-state index contributed by atoms with van der Waals surface area (Å²) in [5.74, 6) is -0.164. The van der Waals surface area contributed by atoms with Crippen LogP contribution >= 0.6 is 11.3 Å². The highest BCUT2D eigenvalue weighted by molar-refractivity contribution is 7.13. The molecule has 0 saturated carbocycles. The predicted octanol–water partition coefficient (Wildman–Crippen LogP) is 2.18. The Morgan fingerprint density at radius 3 is 2.50 bits per heavy atom. The van der Waals surface area contributed by atoms with Crippen LogP contribution in [-0.2, 0) is 9.53 Å². The number of rotatable bonds is 3. The summed E-state index contributed by atoms with van der Waals surface area (Å²) in [6, 6.07) is 0. The SMILES string of the molecule is CCOC(=O)C1CCN(C(=O)c2sc(C)nc2C)CC1. The third-order valence-corrected chi connectivity index (χ3v) is 4.56. The average molecular weight is 296 g/mol. The lowest BCUT2D eigenvalue weighted by Gasteiger charge is -2.30. The Kier molecular flexibility index (Phi) is 4.75. The lowest BCUT2D eigenvalue weighted by molar-refractivity contribution is -0.149. The van der Waals surface area contributed by atoms with E-state index < -0.39 is 0 Å². The molecule has 6 heteroatoms. The molecular formula is C14H20N2O3S. The van der Waals surface area contributed by atoms with Crippen molar-refractivity contribution in [3.8, 4) is 0 Å². The molecule has 5 nitrogen and oxygen atoms in total. The van der Waals surface area contributed by atoms with E-state index in [0.29, 0.717) is 32.5 Å². The van der Waals surface area contributed by atoms with Crippen molar-refractivity contribution in [3.05, 3.63) is 15.6 Å². The summed E-state index contributed by atoms with van der Waals surface area (Å²) >= 11 is 1.44. The van der Waals surface area contributed by atoms with Gasteiger partial charge in [0.15, 0.2) is 0 Å². The summed E-state index contributed by atoms with van der Waals surface area (Å²) in [5, 5.41) is 0.909. The van der Waals surface area contributed by atoms with E-state index >= 15 is 0 Å². The molecule has 2 rings (SSSR count). The molecule has 1 aliphatic rings. The maximum Gasteiger partial charge on any atom is 0.309 e. The third-order valence-electron chi connectivity index (χ3n) is 3.50. The highest BCUT2D eigenvalue weighted by Gasteiger charge is 2.29. The van der Waals surface area contributed by atoms with Gasteiger partial charge < -0.3 is 9.64 Å². The summed E-state index contributed by atoms with van der Waals surface area (Å²) in [7, 11) is 0. The van der Waals surface area contributed by atoms with Crippen LogP contribution in [0.2, 0.25) is 0 Å². The summed E-state index contributed by atoms with van der Waals surface area (Å²) in [6.07, 6.45) is 1.36. The number of aryl methyl sites for hydroxylation is 2. The van der Waals surface area contributed by atoms with Crippen molar-refractivity contribution in [2.24, 2.45) is 5.92 Å². The van der Waals surface area contributed by atoms with E-state index in [1.807, 2.05) is 25.7 Å². The van der Waals surface area contributed by atoms with Gasteiger partial charge in [0.05, 0.1) is 23.2 Å². The van der Waals surface area contributed by atoms with Crippen molar-refractivity contribution >= 4 is 23.2 Å². The van der Waals surface area contributed by atoms with Crippen LogP contribution in [0.15, 0.2) is 0 Å². The molecule has 110 valence electrons. The lowest BCUT2D eigenvalue weighted by atomic mass is 9.97. The van der Waals surface area contributed by atoms with E-state index in [2.05, 4.69) is 4.98 Å². The molecule has 1 amide bonds. The van der Waals surface area contributed by atoms with Gasteiger partial charge >= 0.3 is 5.97 Å². The topological polar surface area (TPSA) is 59.5 Å². The molecule has 2 heterocycles. The maximum atomic E-state index is 12.4. The van der Waals surface area contributed by atoms with Crippen molar-refractivity contribution in [2.75, 3.05) is 19.7 Å². The molecule has 0 spiro atoms. The molecule has 0 bridgehead atoms. The van der Waals surface area contributed by atoms with Gasteiger partial charge in [-0.3, -0.25) is 9.59 Å². The van der Waals surface area contributed by atoms with E-state index in [0.717, 1.165) is 15.6 Å². The number of nitrogens with zero attached hydrogens (tertiary/aromatic N) is 2. The maximum absolute atomic E-state index is 12.4. The summed E-state index contributed by atoms with van der Waals surface area (Å²) in [6.45, 7) is 7.21. The number of aromatic nitrogens is 1. The van der Waals surface area contributed by atoms with Crippen LogP contribution in [-0.4, -0.2) is 41.5 Å². The Labute approximate surface area is 122 Å². The molecule has 0 aliphatic carbocycles. The third kappa shape index (κ3) is 3.17. The minimum absolute atomic E-state index is 0.0374. The lowest BCUT2D eigenvalue weighted by Crippen LogP contribution is -2.40. The van der Waals surface area contributed by atoms with Crippen LogP contribution in [0.5, 0.6) is 0 Å². The molecule has 0 radical (unpaired) electrons. The molecule has 1 saturated heterocycles. The highest BCUT2D eigenvalue weighted by Crippen LogP contribution is 2.24. The first kappa shape index (κ1) is 15.0. The fourth-order valence-corrected chi connectivity index (χ4v) is 3.34. The minimum Gasteiger partial charge on any atom is -0.466 e. The van der Waals surface area contributed by atoms with Crippen LogP contribution in [0.1, 0.15) is 40.1 Å². The zero-order chi connectivity index (χ0) is 14.7. The van der Waals surface area contributed by atoms with Gasteiger partial charge in [-0.15, -0.1) is 11.3 Å². The average Bonchev–Trinajstić information content (AvgIpc) is 2.77. The molecule has 20 heavy (non-hydrogen) atoms. The fraction of sp³-hybridized carbons (Fsp3) is 0.643. The van der Waals surface area contributed by atoms with Crippen molar-refractivity contribution < 1.29 is 14.3 Å². The van der Waals surface area contributed by atoms with Gasteiger partial charge in [0.2, 0.25) is 0 Å². The quantitative estimate of drug-likeness (QED) is 0.802. The van der Waals surface area contributed by atoms with Crippen LogP contribution < -0.4 is 0 Å². The zero-order valence-corrected chi connectivity index (χ0v) is 13.0. The first-order valence-corrected chi connectivity index (χ1v) is 7.74. The summed E-state index contributed by atoms with van der Waals surface area (Å²) in [4.78, 5) is 30.9. The molecule has 1 aliphatic heterocycles. The van der Waals surface area contributed by atoms with Crippen LogP contribution in [0.4, 0.5) is 0 Å². The largest absolute Gasteiger partial charge is 0.466 e. The van der Waals surface area contributed by atoms with Gasteiger partial charge in [0.25, 0.3) is 5.91 Å². The molecule has 1 fully saturated rings. The number of esters is 1. The van der Waals surface area contributed by atoms with Crippen molar-refractivity contribution in [1.29, 1.82) is 0 Å². The number of likely N-dealkylation sites (tertiary alicyclic amines) is 1. The molecule has 1 aromatic heterocycles. The Hall–Kier alpha value is -1.43. The van der Waals surface area contributed by atoms with Gasteiger partial charge in [0, 0.05) is 13.1 Å². The standard InChI is InChI=1S/C14H20N2O3S/c1-4-19-14(18)11-5-7-16(8-6-11)13(17)12-9(2)15-10(3)20-12/h11H,4-8H2,1-3H3. The predicted molar refractivity (Wildman–Crippen MR) is 76.8 cm³/mol. The van der Waals surface area contributed by atoms with Crippen molar-refractivity contribution in [1.82, 2.24) is 9.88 Å². The Bertz CT molecular complexity index is 505. The summed E-state index contributed by atoms with van der Waals surface area (Å²) < 4.78 is 5.03. The Morgan fingerprint density at radius 1 is 1.35 bits per heavy atom. The van der Waals surface area contributed by atoms with E-state index in [4.69, 9.17) is 4.74 Å². The van der Waals surface area contributed by atoms with Crippen LogP contribution in [0.3, 0.4) is 0 Å². The number of piperidine rings is 1. The molecule has 1 aromatic rings. The Balaban J connectivity index is 1.95. The number of carbonyl (C=O) groups is 2. The number of thiazole rings is 1. The van der Waals surface area contributed by atoms with E-state index in [9.17, 15) is 9.59 Å². The zero-order valence-electron chi connectivity index (χ0n) is 12.1. The van der Waals surface area contributed by atoms with Crippen LogP contribution in [0, 0.1) is 19.8 Å². The second kappa shape index (κ2) is 6.35. The number of amides is 1. The second-order valence-electron chi connectivity index (χ2n) is 4.97. The summed E-state index contributed by atoms with van der Waals surface area (Å²) in [5.41, 5.74) is 0.796. The van der Waals surface area contributed by atoms with Crippen molar-refractivity contribution in [2.45, 2.75) is 33.6 Å².